The maximum atomic E-state index is 9.71. The van der Waals surface area contributed by atoms with Gasteiger partial charge in [-0.05, 0) is 81.9 Å². The van der Waals surface area contributed by atoms with Gasteiger partial charge in [0.1, 0.15) is 36.3 Å². The van der Waals surface area contributed by atoms with Crippen LogP contribution in [0.5, 0.6) is 11.6 Å². The number of ether oxygens (including phenoxy) is 4. The number of nitriles is 1. The molecule has 51 heavy (non-hydrogen) atoms. The Hall–Kier alpha value is -4.58. The molecule has 4 aromatic rings. The van der Waals surface area contributed by atoms with Crippen molar-refractivity contribution < 1.29 is 18.9 Å². The fourth-order valence-corrected chi connectivity index (χ4v) is 8.14. The van der Waals surface area contributed by atoms with Crippen molar-refractivity contribution in [3.8, 4) is 28.8 Å². The zero-order chi connectivity index (χ0) is 34.6. The quantitative estimate of drug-likeness (QED) is 0.209. The molecule has 3 saturated heterocycles. The van der Waals surface area contributed by atoms with E-state index in [1.807, 2.05) is 19.1 Å². The van der Waals surface area contributed by atoms with Gasteiger partial charge in [-0.15, -0.1) is 5.10 Å². The van der Waals surface area contributed by atoms with Gasteiger partial charge in [0, 0.05) is 49.3 Å². The highest BCUT2D eigenvalue weighted by atomic mass is 16.5. The average molecular weight is 695 g/mol. The van der Waals surface area contributed by atoms with E-state index in [2.05, 4.69) is 47.2 Å². The Morgan fingerprint density at radius 2 is 1.69 bits per heavy atom. The van der Waals surface area contributed by atoms with E-state index in [9.17, 15) is 5.26 Å². The standard InChI is InChI=1S/C37H46N10O4/c1-25(18-45-24-39-23-42-45)51-35-14-27(2-3-28(35)15-38)29-16-40-37(41-17-29)43-34-19-46(44-36(34)50-20-26-10-12-48-13-11-26)30-4-6-31(7-5-30)47-32-8-9-33(47)22-49-21-32/h2-3,14,16-17,19,23-26,30-33H,4-13,18,20-22H2,1H3,(H,40,41,43)/t25-,30?,31?,32-,33+/m0/s1. The van der Waals surface area contributed by atoms with Crippen molar-refractivity contribution in [2.24, 2.45) is 5.92 Å². The van der Waals surface area contributed by atoms with E-state index in [4.69, 9.17) is 24.0 Å². The minimum Gasteiger partial charge on any atom is -0.487 e. The van der Waals surface area contributed by atoms with Crippen LogP contribution in [0.25, 0.3) is 11.1 Å². The number of hydrogen-bond donors (Lipinski definition) is 1. The molecule has 0 unspecified atom stereocenters. The second-order valence-electron chi connectivity index (χ2n) is 14.3. The lowest BCUT2D eigenvalue weighted by molar-refractivity contribution is -0.0458. The SMILES string of the molecule is C[C@@H](Cn1cncn1)Oc1cc(-c2cnc(Nc3cn(C4CCC(N5[C@@H]6CC[C@H]5COC6)CC4)nc3OCC3CCOCC3)nc2)ccc1C#N. The van der Waals surface area contributed by atoms with E-state index in [0.717, 1.165) is 68.9 Å². The Bertz CT molecular complexity index is 1760. The van der Waals surface area contributed by atoms with Gasteiger partial charge in [-0.2, -0.15) is 10.4 Å². The largest absolute Gasteiger partial charge is 0.487 e. The van der Waals surface area contributed by atoms with Gasteiger partial charge in [0.05, 0.1) is 44.2 Å². The third-order valence-electron chi connectivity index (χ3n) is 10.8. The molecule has 0 amide bonds. The lowest BCUT2D eigenvalue weighted by Gasteiger charge is -2.43. The van der Waals surface area contributed by atoms with E-state index in [1.165, 1.54) is 32.0 Å². The monoisotopic (exact) mass is 694 g/mol. The van der Waals surface area contributed by atoms with E-state index in [-0.39, 0.29) is 6.10 Å². The van der Waals surface area contributed by atoms with Crippen LogP contribution < -0.4 is 14.8 Å². The minimum atomic E-state index is -0.226. The summed E-state index contributed by atoms with van der Waals surface area (Å²) in [5.41, 5.74) is 2.86. The summed E-state index contributed by atoms with van der Waals surface area (Å²) in [6.07, 6.45) is 17.5. The number of benzene rings is 1. The molecule has 0 radical (unpaired) electrons. The van der Waals surface area contributed by atoms with Gasteiger partial charge >= 0.3 is 0 Å². The maximum Gasteiger partial charge on any atom is 0.256 e. The van der Waals surface area contributed by atoms with Crippen LogP contribution in [0.1, 0.15) is 69.9 Å². The van der Waals surface area contributed by atoms with Crippen molar-refractivity contribution in [1.82, 2.24) is 39.4 Å². The van der Waals surface area contributed by atoms with Crippen LogP contribution in [0, 0.1) is 17.2 Å². The van der Waals surface area contributed by atoms with Gasteiger partial charge in [-0.25, -0.2) is 19.6 Å². The first-order chi connectivity index (χ1) is 25.1. The van der Waals surface area contributed by atoms with E-state index < -0.39 is 0 Å². The summed E-state index contributed by atoms with van der Waals surface area (Å²) >= 11 is 0. The second-order valence-corrected chi connectivity index (χ2v) is 14.3. The molecule has 0 spiro atoms. The Labute approximate surface area is 298 Å². The predicted molar refractivity (Wildman–Crippen MR) is 188 cm³/mol. The zero-order valence-electron chi connectivity index (χ0n) is 29.1. The topological polar surface area (TPSA) is 150 Å². The summed E-state index contributed by atoms with van der Waals surface area (Å²) in [6, 6.07) is 9.85. The molecule has 3 aromatic heterocycles. The van der Waals surface area contributed by atoms with Gasteiger partial charge in [0.2, 0.25) is 5.95 Å². The van der Waals surface area contributed by atoms with Crippen molar-refractivity contribution in [3.05, 3.63) is 55.0 Å². The van der Waals surface area contributed by atoms with Crippen molar-refractivity contribution in [1.29, 1.82) is 5.26 Å². The maximum absolute atomic E-state index is 9.71. The highest BCUT2D eigenvalue weighted by molar-refractivity contribution is 5.67. The molecule has 1 N–H and O–H groups in total. The fraction of sp³-hybridized carbons (Fsp3) is 0.568. The van der Waals surface area contributed by atoms with Crippen LogP contribution in [-0.2, 0) is 16.0 Å². The van der Waals surface area contributed by atoms with Crippen LogP contribution in [-0.4, -0.2) is 96.7 Å². The van der Waals surface area contributed by atoms with Crippen LogP contribution in [0.4, 0.5) is 11.6 Å². The number of aromatic nitrogens is 7. The molecule has 4 fully saturated rings. The summed E-state index contributed by atoms with van der Waals surface area (Å²) in [6.45, 7) is 6.36. The molecule has 3 aliphatic heterocycles. The van der Waals surface area contributed by atoms with Crippen molar-refractivity contribution in [2.45, 2.75) is 95.1 Å². The summed E-state index contributed by atoms with van der Waals surface area (Å²) in [5, 5.41) is 22.3. The number of nitrogens with one attached hydrogen (secondary N) is 1. The van der Waals surface area contributed by atoms with Crippen molar-refractivity contribution in [3.63, 3.8) is 0 Å². The highest BCUT2D eigenvalue weighted by Gasteiger charge is 2.42. The first kappa shape index (κ1) is 33.6. The van der Waals surface area contributed by atoms with E-state index in [0.29, 0.717) is 66.4 Å². The van der Waals surface area contributed by atoms with Crippen LogP contribution in [0.3, 0.4) is 0 Å². The van der Waals surface area contributed by atoms with Crippen LogP contribution >= 0.6 is 0 Å². The Morgan fingerprint density at radius 3 is 2.41 bits per heavy atom. The second kappa shape index (κ2) is 15.3. The predicted octanol–water partition coefficient (Wildman–Crippen LogP) is 5.17. The average Bonchev–Trinajstić information content (AvgIpc) is 3.89. The molecule has 1 aromatic carbocycles. The Balaban J connectivity index is 0.956. The fourth-order valence-electron chi connectivity index (χ4n) is 8.14. The third-order valence-corrected chi connectivity index (χ3v) is 10.8. The van der Waals surface area contributed by atoms with Gasteiger partial charge in [-0.1, -0.05) is 6.07 Å². The van der Waals surface area contributed by atoms with E-state index >= 15 is 0 Å². The molecule has 14 heteroatoms. The normalized spacial score (nSPS) is 24.5. The Kier molecular flexibility index (Phi) is 10.1. The molecular formula is C37H46N10O4. The molecule has 1 aliphatic carbocycles. The molecule has 8 rings (SSSR count). The molecule has 1 saturated carbocycles. The first-order valence-electron chi connectivity index (χ1n) is 18.4. The number of hydrogen-bond acceptors (Lipinski definition) is 12. The van der Waals surface area contributed by atoms with Gasteiger partial charge in [0.25, 0.3) is 5.88 Å². The van der Waals surface area contributed by atoms with Crippen molar-refractivity contribution >= 4 is 11.6 Å². The lowest BCUT2D eigenvalue weighted by atomic mass is 9.89. The molecular weight excluding hydrogens is 648 g/mol. The number of rotatable bonds is 12. The van der Waals surface area contributed by atoms with Gasteiger partial charge in [0.15, 0.2) is 0 Å². The lowest BCUT2D eigenvalue weighted by Crippen LogP contribution is -2.52. The van der Waals surface area contributed by atoms with E-state index in [1.54, 1.807) is 29.5 Å². The first-order valence-corrected chi connectivity index (χ1v) is 18.4. The molecule has 268 valence electrons. The third kappa shape index (κ3) is 7.71. The Morgan fingerprint density at radius 1 is 0.941 bits per heavy atom. The van der Waals surface area contributed by atoms with Crippen LogP contribution in [0.2, 0.25) is 0 Å². The molecule has 2 bridgehead atoms. The summed E-state index contributed by atoms with van der Waals surface area (Å²) < 4.78 is 27.8. The number of morpholine rings is 1. The number of anilines is 2. The molecule has 14 nitrogen and oxygen atoms in total. The van der Waals surface area contributed by atoms with Gasteiger partial charge in [-0.3, -0.25) is 9.58 Å². The summed E-state index contributed by atoms with van der Waals surface area (Å²) in [5.74, 6) is 1.97. The smallest absolute Gasteiger partial charge is 0.256 e. The zero-order valence-corrected chi connectivity index (χ0v) is 29.1. The summed E-state index contributed by atoms with van der Waals surface area (Å²) in [7, 11) is 0. The molecule has 6 heterocycles. The van der Waals surface area contributed by atoms with Crippen molar-refractivity contribution in [2.75, 3.05) is 38.4 Å². The summed E-state index contributed by atoms with van der Waals surface area (Å²) in [4.78, 5) is 16.1. The minimum absolute atomic E-state index is 0.226. The highest BCUT2D eigenvalue weighted by Crippen LogP contribution is 2.40. The molecule has 4 aliphatic rings. The van der Waals surface area contributed by atoms with Crippen LogP contribution in [0.15, 0.2) is 49.4 Å². The van der Waals surface area contributed by atoms with Gasteiger partial charge < -0.3 is 24.3 Å². The number of nitrogens with zero attached hydrogens (tertiary/aromatic N) is 9. The molecule has 3 atom stereocenters. The number of fused-ring (bicyclic) bond motifs is 2.